The molecule has 5 nitrogen and oxygen atoms in total. The molecule has 0 aliphatic carbocycles. The Kier molecular flexibility index (Phi) is 8.21. The zero-order valence-corrected chi connectivity index (χ0v) is 13.7. The molecule has 1 aromatic rings. The summed E-state index contributed by atoms with van der Waals surface area (Å²) in [5, 5.41) is 0. The monoisotopic (exact) mass is 318 g/mol. The van der Waals surface area contributed by atoms with Gasteiger partial charge in [-0.1, -0.05) is 24.3 Å². The van der Waals surface area contributed by atoms with Crippen LogP contribution in [-0.4, -0.2) is 31.8 Å². The molecule has 0 spiro atoms. The van der Waals surface area contributed by atoms with Crippen LogP contribution in [0.3, 0.4) is 0 Å². The van der Waals surface area contributed by atoms with E-state index in [2.05, 4.69) is 0 Å². The van der Waals surface area contributed by atoms with Crippen LogP contribution in [0.1, 0.15) is 26.3 Å². The van der Waals surface area contributed by atoms with Gasteiger partial charge in [0.15, 0.2) is 0 Å². The van der Waals surface area contributed by atoms with Gasteiger partial charge in [0.25, 0.3) is 0 Å². The maximum atomic E-state index is 11.9. The Balaban J connectivity index is 2.92. The molecule has 5 heteroatoms. The molecular weight excluding hydrogens is 296 g/mol. The minimum absolute atomic E-state index is 0.128. The second-order valence-electron chi connectivity index (χ2n) is 4.45. The van der Waals surface area contributed by atoms with Crippen LogP contribution < -0.4 is 4.74 Å². The van der Waals surface area contributed by atoms with Crippen LogP contribution in [0.4, 0.5) is 0 Å². The van der Waals surface area contributed by atoms with Gasteiger partial charge in [0.1, 0.15) is 17.9 Å². The largest absolute Gasteiger partial charge is 0.490 e. The lowest BCUT2D eigenvalue weighted by Gasteiger charge is -2.07. The Morgan fingerprint density at radius 2 is 1.57 bits per heavy atom. The number of hydrogen-bond acceptors (Lipinski definition) is 5. The van der Waals surface area contributed by atoms with Gasteiger partial charge in [-0.15, -0.1) is 0 Å². The molecule has 0 fully saturated rings. The first-order chi connectivity index (χ1) is 11.1. The van der Waals surface area contributed by atoms with Crippen molar-refractivity contribution in [2.24, 2.45) is 0 Å². The third kappa shape index (κ3) is 6.38. The first-order valence-corrected chi connectivity index (χ1v) is 7.52. The number of carbonyl (C=O) groups excluding carboxylic acids is 2. The highest BCUT2D eigenvalue weighted by Gasteiger charge is 2.20. The van der Waals surface area contributed by atoms with Gasteiger partial charge in [0, 0.05) is 0 Å². The van der Waals surface area contributed by atoms with Crippen molar-refractivity contribution in [1.82, 2.24) is 0 Å². The zero-order valence-electron chi connectivity index (χ0n) is 13.7. The molecule has 0 aliphatic heterocycles. The molecule has 0 heterocycles. The summed E-state index contributed by atoms with van der Waals surface area (Å²) < 4.78 is 15.3. The quantitative estimate of drug-likeness (QED) is 0.242. The topological polar surface area (TPSA) is 61.8 Å². The number of allylic oxidation sites excluding steroid dienone is 1. The molecular formula is C18H22O5. The Labute approximate surface area is 136 Å². The summed E-state index contributed by atoms with van der Waals surface area (Å²) in [4.78, 5) is 23.8. The Morgan fingerprint density at radius 3 is 2.04 bits per heavy atom. The first-order valence-electron chi connectivity index (χ1n) is 7.52. The summed E-state index contributed by atoms with van der Waals surface area (Å²) in [6.45, 7) is 6.14. The lowest BCUT2D eigenvalue weighted by Crippen LogP contribution is -2.18. The lowest BCUT2D eigenvalue weighted by molar-refractivity contribution is -0.146. The van der Waals surface area contributed by atoms with Gasteiger partial charge in [-0.25, -0.2) is 9.59 Å². The van der Waals surface area contributed by atoms with Gasteiger partial charge in [-0.05, 0) is 44.5 Å². The molecule has 0 N–H and O–H groups in total. The summed E-state index contributed by atoms with van der Waals surface area (Å²) in [5.74, 6) is -0.687. The van der Waals surface area contributed by atoms with E-state index in [0.29, 0.717) is 17.9 Å². The van der Waals surface area contributed by atoms with E-state index in [9.17, 15) is 9.59 Å². The van der Waals surface area contributed by atoms with Crippen molar-refractivity contribution in [3.63, 3.8) is 0 Å². The van der Waals surface area contributed by atoms with Crippen molar-refractivity contribution < 1.29 is 23.8 Å². The Morgan fingerprint density at radius 1 is 1.00 bits per heavy atom. The van der Waals surface area contributed by atoms with E-state index in [1.807, 2.05) is 19.1 Å². The molecule has 124 valence electrons. The Hall–Kier alpha value is -2.56. The van der Waals surface area contributed by atoms with Crippen LogP contribution in [0.5, 0.6) is 5.75 Å². The molecule has 0 atom stereocenters. The fourth-order valence-electron chi connectivity index (χ4n) is 1.69. The molecule has 0 unspecified atom stereocenters. The van der Waals surface area contributed by atoms with E-state index < -0.39 is 11.9 Å². The van der Waals surface area contributed by atoms with Crippen LogP contribution >= 0.6 is 0 Å². The van der Waals surface area contributed by atoms with Crippen LogP contribution in [0, 0.1) is 0 Å². The number of esters is 2. The summed E-state index contributed by atoms with van der Waals surface area (Å²) >= 11 is 0. The molecule has 0 aromatic heterocycles. The highest BCUT2D eigenvalue weighted by atomic mass is 16.6. The van der Waals surface area contributed by atoms with Gasteiger partial charge in [0.2, 0.25) is 0 Å². The van der Waals surface area contributed by atoms with Crippen LogP contribution in [0.25, 0.3) is 6.08 Å². The first kappa shape index (κ1) is 18.5. The minimum Gasteiger partial charge on any atom is -0.490 e. The molecule has 1 aromatic carbocycles. The molecule has 0 saturated carbocycles. The Bertz CT molecular complexity index is 550. The molecule has 23 heavy (non-hydrogen) atoms. The number of benzene rings is 1. The highest BCUT2D eigenvalue weighted by molar-refractivity contribution is 6.17. The normalized spacial score (nSPS) is 10.2. The summed E-state index contributed by atoms with van der Waals surface area (Å²) in [5.41, 5.74) is 0.552. The van der Waals surface area contributed by atoms with E-state index in [1.54, 1.807) is 38.1 Å². The molecule has 0 aliphatic rings. The van der Waals surface area contributed by atoms with Crippen LogP contribution in [0.2, 0.25) is 0 Å². The fourth-order valence-corrected chi connectivity index (χ4v) is 1.69. The summed E-state index contributed by atoms with van der Waals surface area (Å²) in [6, 6.07) is 7.04. The smallest absolute Gasteiger partial charge is 0.345 e. The molecule has 0 bridgehead atoms. The standard InChI is InChI=1S/C18H22O5/c1-4-7-12-23-15-10-8-14(9-11-15)13-16(17(19)21-5-2)18(20)22-6-3/h4,7-11,13H,5-6,12H2,1-3H3/b7-4+. The predicted octanol–water partition coefficient (Wildman–Crippen LogP) is 3.15. The lowest BCUT2D eigenvalue weighted by atomic mass is 10.1. The molecule has 1 rings (SSSR count). The third-order valence-corrected chi connectivity index (χ3v) is 2.76. The van der Waals surface area contributed by atoms with Crippen molar-refractivity contribution >= 4 is 18.0 Å². The predicted molar refractivity (Wildman–Crippen MR) is 88.0 cm³/mol. The van der Waals surface area contributed by atoms with Crippen molar-refractivity contribution in [2.45, 2.75) is 20.8 Å². The van der Waals surface area contributed by atoms with Crippen molar-refractivity contribution in [2.75, 3.05) is 19.8 Å². The van der Waals surface area contributed by atoms with Crippen molar-refractivity contribution in [3.05, 3.63) is 47.6 Å². The molecule has 0 radical (unpaired) electrons. The van der Waals surface area contributed by atoms with Crippen LogP contribution in [-0.2, 0) is 19.1 Å². The van der Waals surface area contributed by atoms with E-state index in [0.717, 1.165) is 0 Å². The minimum atomic E-state index is -0.695. The third-order valence-electron chi connectivity index (χ3n) is 2.76. The van der Waals surface area contributed by atoms with Gasteiger partial charge in [-0.2, -0.15) is 0 Å². The zero-order chi connectivity index (χ0) is 17.1. The fraction of sp³-hybridized carbons (Fsp3) is 0.333. The average molecular weight is 318 g/mol. The molecule has 0 saturated heterocycles. The second-order valence-corrected chi connectivity index (χ2v) is 4.45. The number of ether oxygens (including phenoxy) is 3. The van der Waals surface area contributed by atoms with Crippen molar-refractivity contribution in [3.8, 4) is 5.75 Å². The number of hydrogen-bond donors (Lipinski definition) is 0. The van der Waals surface area contributed by atoms with Gasteiger partial charge in [-0.3, -0.25) is 0 Å². The SMILES string of the molecule is C/C=C/COc1ccc(C=C(C(=O)OCC)C(=O)OCC)cc1. The van der Waals surface area contributed by atoms with E-state index in [1.165, 1.54) is 6.08 Å². The molecule has 0 amide bonds. The van der Waals surface area contributed by atoms with E-state index in [4.69, 9.17) is 14.2 Å². The number of carbonyl (C=O) groups is 2. The maximum Gasteiger partial charge on any atom is 0.345 e. The van der Waals surface area contributed by atoms with Crippen molar-refractivity contribution in [1.29, 1.82) is 0 Å². The summed E-state index contributed by atoms with van der Waals surface area (Å²) in [6.07, 6.45) is 5.25. The highest BCUT2D eigenvalue weighted by Crippen LogP contribution is 2.16. The van der Waals surface area contributed by atoms with E-state index >= 15 is 0 Å². The van der Waals surface area contributed by atoms with E-state index in [-0.39, 0.29) is 18.8 Å². The van der Waals surface area contributed by atoms with Gasteiger partial charge in [0.05, 0.1) is 13.2 Å². The van der Waals surface area contributed by atoms with Crippen LogP contribution in [0.15, 0.2) is 42.0 Å². The number of rotatable bonds is 8. The second kappa shape index (κ2) is 10.2. The maximum absolute atomic E-state index is 11.9. The average Bonchev–Trinajstić information content (AvgIpc) is 2.54. The summed E-state index contributed by atoms with van der Waals surface area (Å²) in [7, 11) is 0. The van der Waals surface area contributed by atoms with Gasteiger partial charge >= 0.3 is 11.9 Å². The van der Waals surface area contributed by atoms with Gasteiger partial charge < -0.3 is 14.2 Å².